The second-order valence-electron chi connectivity index (χ2n) is 7.90. The molecular weight excluding hydrogens is 354 g/mol. The normalized spacial score (nSPS) is 20.8. The van der Waals surface area contributed by atoms with Gasteiger partial charge in [0.25, 0.3) is 0 Å². The van der Waals surface area contributed by atoms with Crippen LogP contribution in [-0.4, -0.2) is 60.5 Å². The topological polar surface area (TPSA) is 61.9 Å². The quantitative estimate of drug-likeness (QED) is 0.780. The maximum atomic E-state index is 12.1. The maximum Gasteiger partial charge on any atom is 0.223 e. The molecule has 6 nitrogen and oxygen atoms in total. The van der Waals surface area contributed by atoms with E-state index in [4.69, 9.17) is 4.74 Å². The highest BCUT2D eigenvalue weighted by atomic mass is 16.5. The molecule has 1 aromatic carbocycles. The van der Waals surface area contributed by atoms with Crippen LogP contribution in [0.2, 0.25) is 0 Å². The van der Waals surface area contributed by atoms with Crippen molar-refractivity contribution in [3.8, 4) is 0 Å². The number of nitrogens with one attached hydrogen (secondary N) is 1. The van der Waals surface area contributed by atoms with Crippen LogP contribution in [0.1, 0.15) is 50.2 Å². The minimum absolute atomic E-state index is 0.0368. The average Bonchev–Trinajstić information content (AvgIpc) is 2.74. The third-order valence-corrected chi connectivity index (χ3v) is 5.77. The molecule has 2 heterocycles. The summed E-state index contributed by atoms with van der Waals surface area (Å²) in [6, 6.07) is 9.15. The molecule has 0 saturated carbocycles. The Labute approximate surface area is 168 Å². The van der Waals surface area contributed by atoms with E-state index < -0.39 is 0 Å². The molecule has 28 heavy (non-hydrogen) atoms. The largest absolute Gasteiger partial charge is 0.378 e. The predicted octanol–water partition coefficient (Wildman–Crippen LogP) is 2.32. The first kappa shape index (κ1) is 20.8. The van der Waals surface area contributed by atoms with Gasteiger partial charge in [-0.15, -0.1) is 0 Å². The number of carbonyl (C=O) groups excluding carboxylic acids is 2. The van der Waals surface area contributed by atoms with Gasteiger partial charge in [0.15, 0.2) is 0 Å². The lowest BCUT2D eigenvalue weighted by molar-refractivity contribution is -0.137. The van der Waals surface area contributed by atoms with Gasteiger partial charge in [-0.1, -0.05) is 30.7 Å². The van der Waals surface area contributed by atoms with E-state index in [1.807, 2.05) is 0 Å². The fourth-order valence-electron chi connectivity index (χ4n) is 3.87. The molecule has 0 aliphatic carbocycles. The number of nitrogens with zero attached hydrogens (tertiary/aromatic N) is 2. The second-order valence-corrected chi connectivity index (χ2v) is 7.90. The fourth-order valence-corrected chi connectivity index (χ4v) is 3.87. The van der Waals surface area contributed by atoms with Crippen molar-refractivity contribution in [2.24, 2.45) is 0 Å². The average molecular weight is 388 g/mol. The highest BCUT2D eigenvalue weighted by molar-refractivity contribution is 5.83. The van der Waals surface area contributed by atoms with Crippen LogP contribution >= 0.6 is 0 Å². The number of likely N-dealkylation sites (tertiary alicyclic amines) is 1. The van der Waals surface area contributed by atoms with E-state index in [0.29, 0.717) is 38.9 Å². The van der Waals surface area contributed by atoms with Crippen LogP contribution in [0.3, 0.4) is 0 Å². The number of ether oxygens (including phenoxy) is 1. The molecule has 154 valence electrons. The summed E-state index contributed by atoms with van der Waals surface area (Å²) < 4.78 is 5.24. The van der Waals surface area contributed by atoms with Gasteiger partial charge in [-0.2, -0.15) is 0 Å². The van der Waals surface area contributed by atoms with Crippen molar-refractivity contribution in [3.05, 3.63) is 35.4 Å². The molecule has 1 aromatic rings. The molecule has 0 spiro atoms. The van der Waals surface area contributed by atoms with Crippen LogP contribution in [0.15, 0.2) is 24.3 Å². The first-order chi connectivity index (χ1) is 13.6. The molecule has 6 heteroatoms. The summed E-state index contributed by atoms with van der Waals surface area (Å²) >= 11 is 0. The Morgan fingerprint density at radius 2 is 1.75 bits per heavy atom. The van der Waals surface area contributed by atoms with Gasteiger partial charge in [-0.25, -0.2) is 0 Å². The summed E-state index contributed by atoms with van der Waals surface area (Å²) in [6.07, 6.45) is 4.43. The highest BCUT2D eigenvalue weighted by Crippen LogP contribution is 2.19. The van der Waals surface area contributed by atoms with Gasteiger partial charge in [-0.3, -0.25) is 14.5 Å². The van der Waals surface area contributed by atoms with Crippen LogP contribution in [-0.2, 0) is 27.4 Å². The summed E-state index contributed by atoms with van der Waals surface area (Å²) in [5.41, 5.74) is 2.41. The van der Waals surface area contributed by atoms with Crippen LogP contribution in [0.5, 0.6) is 0 Å². The summed E-state index contributed by atoms with van der Waals surface area (Å²) in [5.74, 6) is -0.0393. The Balaban J connectivity index is 1.37. The number of benzene rings is 1. The van der Waals surface area contributed by atoms with Crippen LogP contribution in [0, 0.1) is 0 Å². The van der Waals surface area contributed by atoms with E-state index in [9.17, 15) is 9.59 Å². The van der Waals surface area contributed by atoms with E-state index in [1.54, 1.807) is 4.90 Å². The molecule has 0 radical (unpaired) electrons. The lowest BCUT2D eigenvalue weighted by Gasteiger charge is -2.33. The second kappa shape index (κ2) is 10.6. The number of hydrogen-bond donors (Lipinski definition) is 1. The van der Waals surface area contributed by atoms with Gasteiger partial charge in [0.05, 0.1) is 13.2 Å². The maximum absolute atomic E-state index is 12.1. The van der Waals surface area contributed by atoms with Crippen molar-refractivity contribution >= 4 is 11.8 Å². The molecule has 2 aliphatic rings. The number of hydrogen-bond acceptors (Lipinski definition) is 4. The van der Waals surface area contributed by atoms with E-state index in [2.05, 4.69) is 41.4 Å². The molecule has 1 atom stereocenters. The number of amides is 2. The third kappa shape index (κ3) is 6.31. The Morgan fingerprint density at radius 3 is 2.46 bits per heavy atom. The summed E-state index contributed by atoms with van der Waals surface area (Å²) in [6.45, 7) is 7.43. The Kier molecular flexibility index (Phi) is 7.86. The van der Waals surface area contributed by atoms with Crippen molar-refractivity contribution in [1.29, 1.82) is 0 Å². The van der Waals surface area contributed by atoms with E-state index in [1.165, 1.54) is 31.4 Å². The van der Waals surface area contributed by atoms with Gasteiger partial charge < -0.3 is 15.0 Å². The smallest absolute Gasteiger partial charge is 0.223 e. The predicted molar refractivity (Wildman–Crippen MR) is 109 cm³/mol. The summed E-state index contributed by atoms with van der Waals surface area (Å²) in [5, 5.41) is 2.92. The summed E-state index contributed by atoms with van der Waals surface area (Å²) in [4.78, 5) is 28.5. The van der Waals surface area contributed by atoms with Gasteiger partial charge in [-0.05, 0) is 37.4 Å². The van der Waals surface area contributed by atoms with Crippen LogP contribution < -0.4 is 5.32 Å². The van der Waals surface area contributed by atoms with Crippen molar-refractivity contribution in [2.45, 2.75) is 58.2 Å². The molecule has 1 unspecified atom stereocenters. The van der Waals surface area contributed by atoms with Gasteiger partial charge >= 0.3 is 0 Å². The van der Waals surface area contributed by atoms with E-state index in [0.717, 1.165) is 12.1 Å². The Bertz CT molecular complexity index is 641. The summed E-state index contributed by atoms with van der Waals surface area (Å²) in [7, 11) is 0. The number of piperidine rings is 1. The van der Waals surface area contributed by atoms with Crippen molar-refractivity contribution in [3.63, 3.8) is 0 Å². The van der Waals surface area contributed by atoms with Crippen LogP contribution in [0.4, 0.5) is 0 Å². The first-order valence-corrected chi connectivity index (χ1v) is 10.6. The molecule has 0 bridgehead atoms. The molecular formula is C22H33N3O3. The van der Waals surface area contributed by atoms with Gasteiger partial charge in [0, 0.05) is 45.1 Å². The molecule has 2 saturated heterocycles. The lowest BCUT2D eigenvalue weighted by Crippen LogP contribution is -2.41. The van der Waals surface area contributed by atoms with E-state index >= 15 is 0 Å². The zero-order valence-electron chi connectivity index (χ0n) is 17.0. The SMILES string of the molecule is CC1CCCCN1Cc1ccc(CNC(=O)CCC(=O)N2CCOCC2)cc1. The molecule has 2 aliphatic heterocycles. The highest BCUT2D eigenvalue weighted by Gasteiger charge is 2.19. The van der Waals surface area contributed by atoms with Crippen molar-refractivity contribution in [2.75, 3.05) is 32.8 Å². The minimum atomic E-state index is -0.0761. The Hall–Kier alpha value is -1.92. The molecule has 2 amide bonds. The molecule has 3 rings (SSSR count). The zero-order chi connectivity index (χ0) is 19.8. The van der Waals surface area contributed by atoms with Crippen LogP contribution in [0.25, 0.3) is 0 Å². The minimum Gasteiger partial charge on any atom is -0.378 e. The third-order valence-electron chi connectivity index (χ3n) is 5.77. The number of carbonyl (C=O) groups is 2. The number of rotatable bonds is 7. The van der Waals surface area contributed by atoms with E-state index in [-0.39, 0.29) is 24.7 Å². The molecule has 0 aromatic heterocycles. The molecule has 1 N–H and O–H groups in total. The fraction of sp³-hybridized carbons (Fsp3) is 0.636. The zero-order valence-corrected chi connectivity index (χ0v) is 17.0. The standard InChI is InChI=1S/C22H33N3O3/c1-18-4-2-3-11-25(18)17-20-7-5-19(6-8-20)16-23-21(26)9-10-22(27)24-12-14-28-15-13-24/h5-8,18H,2-4,9-17H2,1H3,(H,23,26). The van der Waals surface area contributed by atoms with Gasteiger partial charge in [0.2, 0.25) is 11.8 Å². The number of morpholine rings is 1. The van der Waals surface area contributed by atoms with Gasteiger partial charge in [0.1, 0.15) is 0 Å². The monoisotopic (exact) mass is 387 g/mol. The lowest BCUT2D eigenvalue weighted by atomic mass is 10.0. The Morgan fingerprint density at radius 1 is 1.04 bits per heavy atom. The molecule has 2 fully saturated rings. The first-order valence-electron chi connectivity index (χ1n) is 10.6. The van der Waals surface area contributed by atoms with Crippen molar-refractivity contribution in [1.82, 2.24) is 15.1 Å². The van der Waals surface area contributed by atoms with Crippen molar-refractivity contribution < 1.29 is 14.3 Å².